The number of aliphatic hydroxyl groups is 2. The highest BCUT2D eigenvalue weighted by Crippen LogP contribution is 2.26. The van der Waals surface area contributed by atoms with Gasteiger partial charge < -0.3 is 20.7 Å². The van der Waals surface area contributed by atoms with E-state index in [2.05, 4.69) is 9.72 Å². The predicted octanol–water partition coefficient (Wildman–Crippen LogP) is -0.209. The Labute approximate surface area is 114 Å². The van der Waals surface area contributed by atoms with Crippen molar-refractivity contribution in [1.29, 1.82) is 0 Å². The maximum Gasteiger partial charge on any atom is 0.339 e. The van der Waals surface area contributed by atoms with Crippen LogP contribution in [0.15, 0.2) is 12.3 Å². The lowest BCUT2D eigenvalue weighted by Crippen LogP contribution is -2.26. The Hall–Kier alpha value is -1.70. The first-order chi connectivity index (χ1) is 8.86. The fraction of sp³-hybridized carbons (Fsp3) is 0.364. The molecule has 0 aromatic carbocycles. The second-order valence-corrected chi connectivity index (χ2v) is 4.14. The minimum atomic E-state index is -1.49. The van der Waals surface area contributed by atoms with Crippen LogP contribution < -0.4 is 5.73 Å². The van der Waals surface area contributed by atoms with Crippen molar-refractivity contribution in [1.82, 2.24) is 4.98 Å². The molecule has 0 fully saturated rings. The van der Waals surface area contributed by atoms with E-state index in [9.17, 15) is 19.8 Å². The van der Waals surface area contributed by atoms with Gasteiger partial charge in [-0.25, -0.2) is 9.78 Å². The molecule has 0 aliphatic carbocycles. The van der Waals surface area contributed by atoms with Crippen LogP contribution in [0.3, 0.4) is 0 Å². The Morgan fingerprint density at radius 1 is 1.53 bits per heavy atom. The van der Waals surface area contributed by atoms with Gasteiger partial charge in [0.25, 0.3) is 0 Å². The molecule has 0 radical (unpaired) electrons. The number of hydrogen-bond donors (Lipinski definition) is 3. The number of methoxy groups -OCH3 is 1. The molecule has 1 aromatic heterocycles. The summed E-state index contributed by atoms with van der Waals surface area (Å²) in [4.78, 5) is 25.7. The molecule has 1 amide bonds. The van der Waals surface area contributed by atoms with Crippen LogP contribution in [0.1, 0.15) is 28.4 Å². The molecule has 0 saturated heterocycles. The Morgan fingerprint density at radius 3 is 2.68 bits per heavy atom. The van der Waals surface area contributed by atoms with Crippen molar-refractivity contribution >= 4 is 23.5 Å². The summed E-state index contributed by atoms with van der Waals surface area (Å²) in [5, 5.41) is 19.4. The van der Waals surface area contributed by atoms with E-state index in [1.165, 1.54) is 19.4 Å². The fourth-order valence-corrected chi connectivity index (χ4v) is 1.64. The molecule has 1 aromatic rings. The van der Waals surface area contributed by atoms with Crippen molar-refractivity contribution < 1.29 is 24.5 Å². The largest absolute Gasteiger partial charge is 0.465 e. The van der Waals surface area contributed by atoms with E-state index in [4.69, 9.17) is 17.3 Å². The zero-order valence-corrected chi connectivity index (χ0v) is 10.8. The average molecular weight is 289 g/mol. The summed E-state index contributed by atoms with van der Waals surface area (Å²) in [6.45, 7) is 0. The molecule has 7 nitrogen and oxygen atoms in total. The summed E-state index contributed by atoms with van der Waals surface area (Å²) in [6, 6.07) is 1.23. The first-order valence-electron chi connectivity index (χ1n) is 5.25. The highest BCUT2D eigenvalue weighted by atomic mass is 35.5. The summed E-state index contributed by atoms with van der Waals surface area (Å²) in [5.74, 6) is -1.44. The lowest BCUT2D eigenvalue weighted by molar-refractivity contribution is -0.121. The Morgan fingerprint density at radius 2 is 2.16 bits per heavy atom. The number of halogens is 1. The number of nitrogens with zero attached hydrogens (tertiary/aromatic N) is 1. The normalized spacial score (nSPS) is 13.7. The molecule has 1 rings (SSSR count). The van der Waals surface area contributed by atoms with E-state index < -0.39 is 30.5 Å². The average Bonchev–Trinajstić information content (AvgIpc) is 2.36. The van der Waals surface area contributed by atoms with Gasteiger partial charge in [-0.2, -0.15) is 0 Å². The number of esters is 1. The predicted molar refractivity (Wildman–Crippen MR) is 65.4 cm³/mol. The third-order valence-electron chi connectivity index (χ3n) is 2.38. The van der Waals surface area contributed by atoms with Crippen LogP contribution >= 0.6 is 11.6 Å². The molecule has 0 aliphatic rings. The highest BCUT2D eigenvalue weighted by molar-refractivity contribution is 6.30. The molecule has 0 spiro atoms. The Bertz CT molecular complexity index is 494. The van der Waals surface area contributed by atoms with Gasteiger partial charge >= 0.3 is 5.97 Å². The van der Waals surface area contributed by atoms with Crippen molar-refractivity contribution in [3.05, 3.63) is 28.5 Å². The molecular formula is C11H13ClN2O5. The van der Waals surface area contributed by atoms with Crippen LogP contribution in [0, 0.1) is 0 Å². The van der Waals surface area contributed by atoms with Crippen molar-refractivity contribution in [2.75, 3.05) is 7.11 Å². The molecule has 2 unspecified atom stereocenters. The van der Waals surface area contributed by atoms with Crippen molar-refractivity contribution in [3.8, 4) is 0 Å². The number of ether oxygens (including phenoxy) is 1. The topological polar surface area (TPSA) is 123 Å². The van der Waals surface area contributed by atoms with Crippen molar-refractivity contribution in [2.45, 2.75) is 18.6 Å². The van der Waals surface area contributed by atoms with Gasteiger partial charge in [-0.05, 0) is 6.07 Å². The molecule has 4 N–H and O–H groups in total. The van der Waals surface area contributed by atoms with Crippen LogP contribution in [-0.4, -0.2) is 40.3 Å². The monoisotopic (exact) mass is 288 g/mol. The Kier molecular flexibility index (Phi) is 5.22. The SMILES string of the molecule is COC(=O)c1cnc(Cl)c(C(O)C(O)CC(N)=O)c1. The summed E-state index contributed by atoms with van der Waals surface area (Å²) in [6.07, 6.45) is -2.20. The van der Waals surface area contributed by atoms with Gasteiger partial charge in [0, 0.05) is 11.8 Å². The van der Waals surface area contributed by atoms with Crippen LogP contribution in [0.2, 0.25) is 5.15 Å². The molecule has 0 saturated carbocycles. The lowest BCUT2D eigenvalue weighted by Gasteiger charge is -2.18. The number of carbonyl (C=O) groups is 2. The minimum absolute atomic E-state index is 0.0123. The van der Waals surface area contributed by atoms with Gasteiger partial charge in [0.05, 0.1) is 25.2 Å². The van der Waals surface area contributed by atoms with Crippen molar-refractivity contribution in [3.63, 3.8) is 0 Å². The first kappa shape index (κ1) is 15.4. The lowest BCUT2D eigenvalue weighted by atomic mass is 10.0. The summed E-state index contributed by atoms with van der Waals surface area (Å²) < 4.78 is 4.50. The fourth-order valence-electron chi connectivity index (χ4n) is 1.43. The number of pyridine rings is 1. The van der Waals surface area contributed by atoms with Crippen LogP contribution in [0.4, 0.5) is 0 Å². The smallest absolute Gasteiger partial charge is 0.339 e. The molecule has 104 valence electrons. The molecule has 1 heterocycles. The number of aromatic nitrogens is 1. The Balaban J connectivity index is 3.04. The van der Waals surface area contributed by atoms with E-state index in [-0.39, 0.29) is 16.3 Å². The number of amides is 1. The molecule has 2 atom stereocenters. The third kappa shape index (κ3) is 3.88. The van der Waals surface area contributed by atoms with E-state index >= 15 is 0 Å². The van der Waals surface area contributed by atoms with E-state index in [1.54, 1.807) is 0 Å². The van der Waals surface area contributed by atoms with Crippen molar-refractivity contribution in [2.24, 2.45) is 5.73 Å². The number of aliphatic hydroxyl groups excluding tert-OH is 2. The highest BCUT2D eigenvalue weighted by Gasteiger charge is 2.24. The number of carbonyl (C=O) groups excluding carboxylic acids is 2. The van der Waals surface area contributed by atoms with Gasteiger partial charge in [0.1, 0.15) is 11.3 Å². The quantitative estimate of drug-likeness (QED) is 0.509. The second-order valence-electron chi connectivity index (χ2n) is 3.78. The van der Waals surface area contributed by atoms with Gasteiger partial charge in [-0.3, -0.25) is 4.79 Å². The standard InChI is InChI=1S/C11H13ClN2O5/c1-19-11(18)5-2-6(10(12)14-4-5)9(17)7(15)3-8(13)16/h2,4,7,9,15,17H,3H2,1H3,(H2,13,16). The molecular weight excluding hydrogens is 276 g/mol. The zero-order valence-electron chi connectivity index (χ0n) is 10.0. The number of hydrogen-bond acceptors (Lipinski definition) is 6. The molecule has 19 heavy (non-hydrogen) atoms. The van der Waals surface area contributed by atoms with E-state index in [0.717, 1.165) is 0 Å². The van der Waals surface area contributed by atoms with Crippen LogP contribution in [0.5, 0.6) is 0 Å². The molecule has 0 bridgehead atoms. The van der Waals surface area contributed by atoms with Gasteiger partial charge in [-0.15, -0.1) is 0 Å². The number of primary amides is 1. The third-order valence-corrected chi connectivity index (χ3v) is 2.70. The van der Waals surface area contributed by atoms with E-state index in [1.807, 2.05) is 0 Å². The van der Waals surface area contributed by atoms with Crippen LogP contribution in [-0.2, 0) is 9.53 Å². The summed E-state index contributed by atoms with van der Waals surface area (Å²) >= 11 is 5.77. The number of rotatable bonds is 5. The van der Waals surface area contributed by atoms with Crippen LogP contribution in [0.25, 0.3) is 0 Å². The van der Waals surface area contributed by atoms with Gasteiger partial charge in [-0.1, -0.05) is 11.6 Å². The first-order valence-corrected chi connectivity index (χ1v) is 5.62. The summed E-state index contributed by atoms with van der Waals surface area (Å²) in [5.41, 5.74) is 4.99. The second kappa shape index (κ2) is 6.46. The molecule has 0 aliphatic heterocycles. The zero-order chi connectivity index (χ0) is 14.6. The minimum Gasteiger partial charge on any atom is -0.465 e. The van der Waals surface area contributed by atoms with E-state index in [0.29, 0.717) is 0 Å². The van der Waals surface area contributed by atoms with Gasteiger partial charge in [0.15, 0.2) is 0 Å². The van der Waals surface area contributed by atoms with Gasteiger partial charge in [0.2, 0.25) is 5.91 Å². The molecule has 8 heteroatoms. The maximum absolute atomic E-state index is 11.3. The maximum atomic E-state index is 11.3. The summed E-state index contributed by atoms with van der Waals surface area (Å²) in [7, 11) is 1.19. The number of nitrogens with two attached hydrogens (primary N) is 1.